The van der Waals surface area contributed by atoms with Gasteiger partial charge in [0.2, 0.25) is 0 Å². The van der Waals surface area contributed by atoms with Crippen molar-refractivity contribution in [3.05, 3.63) is 0 Å². The zero-order valence-corrected chi connectivity index (χ0v) is 12.4. The number of hydrogen-bond acceptors (Lipinski definition) is 4. The first-order valence-electron chi connectivity index (χ1n) is 7.35. The van der Waals surface area contributed by atoms with Crippen molar-refractivity contribution in [3.63, 3.8) is 0 Å². The highest BCUT2D eigenvalue weighted by atomic mass is 16.5. The summed E-state index contributed by atoms with van der Waals surface area (Å²) < 4.78 is 5.29. The molecule has 0 amide bonds. The minimum absolute atomic E-state index is 0.142. The third-order valence-corrected chi connectivity index (χ3v) is 4.68. The molecule has 0 aromatic heterocycles. The highest BCUT2D eigenvalue weighted by Gasteiger charge is 2.41. The molecule has 1 saturated heterocycles. The molecule has 4 nitrogen and oxygen atoms in total. The number of ketones is 1. The van der Waals surface area contributed by atoms with Crippen LogP contribution in [0.1, 0.15) is 39.5 Å². The van der Waals surface area contributed by atoms with Gasteiger partial charge in [0.25, 0.3) is 0 Å². The van der Waals surface area contributed by atoms with Gasteiger partial charge >= 0.3 is 0 Å². The fourth-order valence-corrected chi connectivity index (χ4v) is 3.37. The Balaban J connectivity index is 1.84. The van der Waals surface area contributed by atoms with Crippen molar-refractivity contribution in [2.24, 2.45) is 11.3 Å². The molecule has 1 N–H and O–H groups in total. The number of hydrogen-bond donors (Lipinski definition) is 1. The van der Waals surface area contributed by atoms with Crippen LogP contribution in [0.3, 0.4) is 0 Å². The molecule has 1 unspecified atom stereocenters. The summed E-state index contributed by atoms with van der Waals surface area (Å²) in [4.78, 5) is 14.3. The molecule has 0 radical (unpaired) electrons. The second-order valence-corrected chi connectivity index (χ2v) is 7.02. The molecular weight excluding hydrogens is 242 g/mol. The van der Waals surface area contributed by atoms with Crippen LogP contribution in [0, 0.1) is 11.3 Å². The van der Waals surface area contributed by atoms with E-state index in [1.165, 1.54) is 0 Å². The number of nitrogens with zero attached hydrogens (tertiary/aromatic N) is 1. The van der Waals surface area contributed by atoms with Crippen molar-refractivity contribution in [3.8, 4) is 0 Å². The molecular formula is C15H27NO3. The first-order chi connectivity index (χ1) is 8.82. The van der Waals surface area contributed by atoms with E-state index in [1.54, 1.807) is 0 Å². The lowest BCUT2D eigenvalue weighted by Crippen LogP contribution is -2.47. The van der Waals surface area contributed by atoms with Crippen molar-refractivity contribution >= 4 is 5.78 Å². The second kappa shape index (κ2) is 5.51. The first-order valence-corrected chi connectivity index (χ1v) is 7.35. The normalized spacial score (nSPS) is 29.9. The Morgan fingerprint density at radius 2 is 1.95 bits per heavy atom. The number of Topliss-reactive ketones (excluding diaryl/α,β-unsaturated/α-hetero) is 1. The van der Waals surface area contributed by atoms with Crippen LogP contribution in [-0.2, 0) is 9.53 Å². The van der Waals surface area contributed by atoms with Gasteiger partial charge in [-0.05, 0) is 19.9 Å². The number of likely N-dealkylation sites (N-methyl/N-ethyl adjacent to an activating group) is 1. The number of aliphatic hydroxyl groups is 1. The number of carbonyl (C=O) groups is 1. The molecule has 1 saturated carbocycles. The molecule has 2 rings (SSSR count). The molecule has 1 aliphatic heterocycles. The smallest absolute Gasteiger partial charge is 0.142 e. The molecule has 1 aliphatic carbocycles. The van der Waals surface area contributed by atoms with Gasteiger partial charge in [0.1, 0.15) is 5.78 Å². The van der Waals surface area contributed by atoms with Crippen LogP contribution >= 0.6 is 0 Å². The fraction of sp³-hybridized carbons (Fsp3) is 0.933. The predicted molar refractivity (Wildman–Crippen MR) is 74.0 cm³/mol. The van der Waals surface area contributed by atoms with Gasteiger partial charge in [-0.2, -0.15) is 0 Å². The molecule has 110 valence electrons. The van der Waals surface area contributed by atoms with E-state index in [9.17, 15) is 9.90 Å². The summed E-state index contributed by atoms with van der Waals surface area (Å²) in [5.74, 6) is 0.529. The van der Waals surface area contributed by atoms with E-state index in [0.29, 0.717) is 38.4 Å². The van der Waals surface area contributed by atoms with Crippen LogP contribution in [0.2, 0.25) is 0 Å². The van der Waals surface area contributed by atoms with E-state index >= 15 is 0 Å². The Labute approximate surface area is 116 Å². The van der Waals surface area contributed by atoms with Gasteiger partial charge in [-0.1, -0.05) is 13.8 Å². The molecule has 0 aromatic carbocycles. The van der Waals surface area contributed by atoms with Gasteiger partial charge < -0.3 is 14.7 Å². The zero-order valence-electron chi connectivity index (χ0n) is 12.4. The quantitative estimate of drug-likeness (QED) is 0.839. The van der Waals surface area contributed by atoms with Crippen molar-refractivity contribution in [2.45, 2.75) is 45.1 Å². The van der Waals surface area contributed by atoms with E-state index in [-0.39, 0.29) is 11.3 Å². The van der Waals surface area contributed by atoms with E-state index in [0.717, 1.165) is 19.4 Å². The third kappa shape index (κ3) is 3.56. The van der Waals surface area contributed by atoms with Crippen LogP contribution in [0.25, 0.3) is 0 Å². The maximum atomic E-state index is 12.2. The van der Waals surface area contributed by atoms with Gasteiger partial charge in [0, 0.05) is 50.5 Å². The lowest BCUT2D eigenvalue weighted by Gasteiger charge is -2.36. The van der Waals surface area contributed by atoms with E-state index in [4.69, 9.17) is 4.74 Å². The molecule has 0 spiro atoms. The Morgan fingerprint density at radius 3 is 2.47 bits per heavy atom. The lowest BCUT2D eigenvalue weighted by molar-refractivity contribution is -0.128. The fourth-order valence-electron chi connectivity index (χ4n) is 3.37. The van der Waals surface area contributed by atoms with Crippen LogP contribution in [0.4, 0.5) is 0 Å². The van der Waals surface area contributed by atoms with Gasteiger partial charge in [0.05, 0.1) is 5.60 Å². The van der Waals surface area contributed by atoms with Crippen molar-refractivity contribution in [1.29, 1.82) is 0 Å². The van der Waals surface area contributed by atoms with Gasteiger partial charge in [-0.15, -0.1) is 0 Å². The van der Waals surface area contributed by atoms with Crippen molar-refractivity contribution < 1.29 is 14.6 Å². The van der Waals surface area contributed by atoms with Gasteiger partial charge in [-0.25, -0.2) is 0 Å². The van der Waals surface area contributed by atoms with Gasteiger partial charge in [-0.3, -0.25) is 4.79 Å². The maximum absolute atomic E-state index is 12.2. The summed E-state index contributed by atoms with van der Waals surface area (Å²) in [5.41, 5.74) is -0.786. The summed E-state index contributed by atoms with van der Waals surface area (Å²) in [6, 6.07) is 0. The Morgan fingerprint density at radius 1 is 1.32 bits per heavy atom. The standard InChI is InChI=1S/C15H27NO3/c1-14(2)5-4-12(13(14)17)10-16(3)11-15(18)6-8-19-9-7-15/h12,18H,4-11H2,1-3H3. The lowest BCUT2D eigenvalue weighted by atomic mass is 9.88. The highest BCUT2D eigenvalue weighted by molar-refractivity contribution is 5.88. The maximum Gasteiger partial charge on any atom is 0.142 e. The predicted octanol–water partition coefficient (Wildman–Crippen LogP) is 1.46. The van der Waals surface area contributed by atoms with E-state index in [1.807, 2.05) is 20.9 Å². The average Bonchev–Trinajstić information content (AvgIpc) is 2.56. The molecule has 1 atom stereocenters. The summed E-state index contributed by atoms with van der Waals surface area (Å²) in [7, 11) is 2.01. The Kier molecular flexibility index (Phi) is 4.33. The summed E-state index contributed by atoms with van der Waals surface area (Å²) in [6.45, 7) is 6.77. The first kappa shape index (κ1) is 14.9. The number of ether oxygens (including phenoxy) is 1. The monoisotopic (exact) mass is 269 g/mol. The van der Waals surface area contributed by atoms with E-state index in [2.05, 4.69) is 4.90 Å². The van der Waals surface area contributed by atoms with Crippen LogP contribution in [-0.4, -0.2) is 54.7 Å². The second-order valence-electron chi connectivity index (χ2n) is 7.02. The molecule has 1 heterocycles. The zero-order chi connectivity index (χ0) is 14.1. The van der Waals surface area contributed by atoms with Gasteiger partial charge in [0.15, 0.2) is 0 Å². The Bertz CT molecular complexity index is 334. The van der Waals surface area contributed by atoms with E-state index < -0.39 is 5.60 Å². The molecule has 0 aromatic rings. The number of carbonyl (C=O) groups excluding carboxylic acids is 1. The molecule has 2 aliphatic rings. The summed E-state index contributed by atoms with van der Waals surface area (Å²) >= 11 is 0. The van der Waals surface area contributed by atoms with Crippen molar-refractivity contribution in [1.82, 2.24) is 4.90 Å². The molecule has 4 heteroatoms. The molecule has 19 heavy (non-hydrogen) atoms. The van der Waals surface area contributed by atoms with Crippen LogP contribution in [0.15, 0.2) is 0 Å². The minimum atomic E-state index is -0.635. The van der Waals surface area contributed by atoms with Crippen LogP contribution in [0.5, 0.6) is 0 Å². The molecule has 2 fully saturated rings. The topological polar surface area (TPSA) is 49.8 Å². The average molecular weight is 269 g/mol. The number of rotatable bonds is 4. The SMILES string of the molecule is CN(CC1CCC(C)(C)C1=O)CC1(O)CCOCC1. The largest absolute Gasteiger partial charge is 0.388 e. The van der Waals surface area contributed by atoms with Crippen LogP contribution < -0.4 is 0 Å². The summed E-state index contributed by atoms with van der Waals surface area (Å²) in [6.07, 6.45) is 3.36. The Hall–Kier alpha value is -0.450. The highest BCUT2D eigenvalue weighted by Crippen LogP contribution is 2.37. The minimum Gasteiger partial charge on any atom is -0.388 e. The summed E-state index contributed by atoms with van der Waals surface area (Å²) in [5, 5.41) is 10.5. The van der Waals surface area contributed by atoms with Crippen molar-refractivity contribution in [2.75, 3.05) is 33.4 Å². The molecule has 0 bridgehead atoms. The third-order valence-electron chi connectivity index (χ3n) is 4.68.